The van der Waals surface area contributed by atoms with Gasteiger partial charge in [0.2, 0.25) is 0 Å². The molecule has 138 valence electrons. The summed E-state index contributed by atoms with van der Waals surface area (Å²) in [4.78, 5) is 27.2. The van der Waals surface area contributed by atoms with E-state index in [1.807, 2.05) is 0 Å². The highest BCUT2D eigenvalue weighted by molar-refractivity contribution is 5.98. The minimum atomic E-state index is -0.0871. The van der Waals surface area contributed by atoms with E-state index in [4.69, 9.17) is 9.47 Å². The van der Waals surface area contributed by atoms with Crippen LogP contribution in [0.5, 0.6) is 11.5 Å². The van der Waals surface area contributed by atoms with E-state index in [0.717, 1.165) is 0 Å². The summed E-state index contributed by atoms with van der Waals surface area (Å²) in [6.07, 6.45) is 2.92. The van der Waals surface area contributed by atoms with Gasteiger partial charge in [-0.15, -0.1) is 0 Å². The van der Waals surface area contributed by atoms with E-state index in [1.165, 1.54) is 7.11 Å². The molecule has 26 heavy (non-hydrogen) atoms. The molecule has 7 heteroatoms. The smallest absolute Gasteiger partial charge is 0.257 e. The van der Waals surface area contributed by atoms with Crippen molar-refractivity contribution < 1.29 is 19.1 Å². The van der Waals surface area contributed by atoms with Crippen LogP contribution in [0.1, 0.15) is 33.7 Å². The molecular weight excluding hydrogens is 334 g/mol. The lowest BCUT2D eigenvalue weighted by atomic mass is 9.90. The average Bonchev–Trinajstić information content (AvgIpc) is 3.12. The van der Waals surface area contributed by atoms with Gasteiger partial charge in [-0.1, -0.05) is 0 Å². The largest absolute Gasteiger partial charge is 0.497 e. The number of nitrogens with zero attached hydrogens (tertiary/aromatic N) is 3. The highest BCUT2D eigenvalue weighted by Crippen LogP contribution is 2.28. The van der Waals surface area contributed by atoms with E-state index in [0.29, 0.717) is 48.7 Å². The minimum absolute atomic E-state index is 0.0767. The minimum Gasteiger partial charge on any atom is -0.497 e. The summed E-state index contributed by atoms with van der Waals surface area (Å²) in [5.41, 5.74) is 1.12. The number of benzene rings is 1. The van der Waals surface area contributed by atoms with E-state index in [2.05, 4.69) is 5.10 Å². The number of Topliss-reactive ketones (excluding diaryl/α,β-unsaturated/α-hetero) is 1. The molecule has 0 bridgehead atoms. The van der Waals surface area contributed by atoms with Crippen LogP contribution in [-0.2, 0) is 7.05 Å². The van der Waals surface area contributed by atoms with Gasteiger partial charge in [-0.05, 0) is 31.0 Å². The molecule has 0 spiro atoms. The first-order valence-corrected chi connectivity index (χ1v) is 8.58. The van der Waals surface area contributed by atoms with Crippen molar-refractivity contribution in [3.63, 3.8) is 0 Å². The molecule has 2 heterocycles. The second kappa shape index (κ2) is 7.59. The number of aryl methyl sites for hydroxylation is 1. The first kappa shape index (κ1) is 18.0. The van der Waals surface area contributed by atoms with Crippen LogP contribution < -0.4 is 9.47 Å². The Kier molecular flexibility index (Phi) is 5.25. The molecule has 0 unspecified atom stereocenters. The molecule has 1 aliphatic rings. The van der Waals surface area contributed by atoms with Crippen molar-refractivity contribution in [1.82, 2.24) is 14.7 Å². The second-order valence-electron chi connectivity index (χ2n) is 6.34. The van der Waals surface area contributed by atoms with Gasteiger partial charge >= 0.3 is 0 Å². The third-order valence-corrected chi connectivity index (χ3v) is 4.87. The molecule has 1 saturated heterocycles. The monoisotopic (exact) mass is 357 g/mol. The van der Waals surface area contributed by atoms with Crippen LogP contribution in [0.2, 0.25) is 0 Å². The number of ketones is 1. The van der Waals surface area contributed by atoms with E-state index in [9.17, 15) is 9.59 Å². The fourth-order valence-electron chi connectivity index (χ4n) is 3.32. The summed E-state index contributed by atoms with van der Waals surface area (Å²) in [5, 5.41) is 4.06. The molecule has 3 rings (SSSR count). The number of methoxy groups -OCH3 is 2. The molecule has 0 N–H and O–H groups in total. The second-order valence-corrected chi connectivity index (χ2v) is 6.34. The number of aromatic nitrogens is 2. The van der Waals surface area contributed by atoms with Crippen molar-refractivity contribution in [1.29, 1.82) is 0 Å². The molecule has 7 nitrogen and oxygen atoms in total. The zero-order valence-corrected chi connectivity index (χ0v) is 15.3. The maximum atomic E-state index is 12.8. The first-order chi connectivity index (χ1) is 12.5. The molecule has 1 aliphatic heterocycles. The SMILES string of the molecule is COc1ccc(C(=O)N2CCC(C(=O)c3ccnn3C)CC2)c(OC)c1. The van der Waals surface area contributed by atoms with Crippen LogP contribution in [0.15, 0.2) is 30.5 Å². The Morgan fingerprint density at radius 2 is 1.85 bits per heavy atom. The van der Waals surface area contributed by atoms with Crippen molar-refractivity contribution in [3.8, 4) is 11.5 Å². The highest BCUT2D eigenvalue weighted by atomic mass is 16.5. The molecule has 0 radical (unpaired) electrons. The number of carbonyl (C=O) groups excluding carboxylic acids is 2. The van der Waals surface area contributed by atoms with Crippen molar-refractivity contribution >= 4 is 11.7 Å². The number of likely N-dealkylation sites (tertiary alicyclic amines) is 1. The maximum Gasteiger partial charge on any atom is 0.257 e. The van der Waals surface area contributed by atoms with Gasteiger partial charge in [0.25, 0.3) is 5.91 Å². The molecule has 1 fully saturated rings. The van der Waals surface area contributed by atoms with Crippen LogP contribution in [0.3, 0.4) is 0 Å². The lowest BCUT2D eigenvalue weighted by Gasteiger charge is -2.31. The van der Waals surface area contributed by atoms with Crippen molar-refractivity contribution in [2.24, 2.45) is 13.0 Å². The zero-order valence-electron chi connectivity index (χ0n) is 15.3. The molecule has 0 saturated carbocycles. The number of hydrogen-bond acceptors (Lipinski definition) is 5. The quantitative estimate of drug-likeness (QED) is 0.767. The highest BCUT2D eigenvalue weighted by Gasteiger charge is 2.30. The van der Waals surface area contributed by atoms with Gasteiger partial charge in [0.1, 0.15) is 17.2 Å². The number of rotatable bonds is 5. The number of ether oxygens (including phenoxy) is 2. The summed E-state index contributed by atoms with van der Waals surface area (Å²) >= 11 is 0. The summed E-state index contributed by atoms with van der Waals surface area (Å²) in [6.45, 7) is 1.09. The molecule has 1 aromatic carbocycles. The summed E-state index contributed by atoms with van der Waals surface area (Å²) < 4.78 is 12.1. The van der Waals surface area contributed by atoms with Crippen LogP contribution in [-0.4, -0.2) is 53.7 Å². The average molecular weight is 357 g/mol. The van der Waals surface area contributed by atoms with Gasteiger partial charge in [-0.25, -0.2) is 0 Å². The van der Waals surface area contributed by atoms with Gasteiger partial charge in [0.15, 0.2) is 5.78 Å². The molecular formula is C19H23N3O4. The van der Waals surface area contributed by atoms with Gasteiger partial charge in [-0.2, -0.15) is 5.10 Å². The Hall–Kier alpha value is -2.83. The van der Waals surface area contributed by atoms with E-state index in [-0.39, 0.29) is 17.6 Å². The predicted molar refractivity (Wildman–Crippen MR) is 95.7 cm³/mol. The van der Waals surface area contributed by atoms with Crippen molar-refractivity contribution in [2.75, 3.05) is 27.3 Å². The number of piperidine rings is 1. The Morgan fingerprint density at radius 3 is 2.42 bits per heavy atom. The fraction of sp³-hybridized carbons (Fsp3) is 0.421. The molecule has 0 aliphatic carbocycles. The first-order valence-electron chi connectivity index (χ1n) is 8.58. The topological polar surface area (TPSA) is 73.7 Å². The van der Waals surface area contributed by atoms with E-state index < -0.39 is 0 Å². The lowest BCUT2D eigenvalue weighted by molar-refractivity contribution is 0.0645. The van der Waals surface area contributed by atoms with Gasteiger partial charge in [0.05, 0.1) is 19.8 Å². The standard InChI is InChI=1S/C19H23N3O4/c1-21-16(6-9-20-21)18(23)13-7-10-22(11-8-13)19(24)15-5-4-14(25-2)12-17(15)26-3/h4-6,9,12-13H,7-8,10-11H2,1-3H3. The summed E-state index contributed by atoms with van der Waals surface area (Å²) in [6, 6.07) is 6.90. The summed E-state index contributed by atoms with van der Waals surface area (Å²) in [5.74, 6) is 1.06. The number of hydrogen-bond donors (Lipinski definition) is 0. The maximum absolute atomic E-state index is 12.8. The molecule has 2 aromatic rings. The van der Waals surface area contributed by atoms with Crippen molar-refractivity contribution in [3.05, 3.63) is 41.7 Å². The van der Waals surface area contributed by atoms with Gasteiger partial charge in [-0.3, -0.25) is 14.3 Å². The normalized spacial score (nSPS) is 15.0. The Balaban J connectivity index is 1.67. The summed E-state index contributed by atoms with van der Waals surface area (Å²) in [7, 11) is 4.87. The van der Waals surface area contributed by atoms with Crippen LogP contribution in [0.4, 0.5) is 0 Å². The van der Waals surface area contributed by atoms with Crippen LogP contribution in [0.25, 0.3) is 0 Å². The predicted octanol–water partition coefficient (Wildman–Crippen LogP) is 2.17. The van der Waals surface area contributed by atoms with Gasteiger partial charge in [0, 0.05) is 38.3 Å². The Morgan fingerprint density at radius 1 is 1.12 bits per heavy atom. The zero-order chi connectivity index (χ0) is 18.7. The third kappa shape index (κ3) is 3.42. The third-order valence-electron chi connectivity index (χ3n) is 4.87. The fourth-order valence-corrected chi connectivity index (χ4v) is 3.32. The Labute approximate surface area is 152 Å². The molecule has 1 aromatic heterocycles. The van der Waals surface area contributed by atoms with Crippen LogP contribution >= 0.6 is 0 Å². The molecule has 0 atom stereocenters. The number of carbonyl (C=O) groups is 2. The van der Waals surface area contributed by atoms with Crippen molar-refractivity contribution in [2.45, 2.75) is 12.8 Å². The molecule has 1 amide bonds. The number of amides is 1. The lowest BCUT2D eigenvalue weighted by Crippen LogP contribution is -2.40. The van der Waals surface area contributed by atoms with Gasteiger partial charge < -0.3 is 14.4 Å². The van der Waals surface area contributed by atoms with Crippen LogP contribution in [0, 0.1) is 5.92 Å². The Bertz CT molecular complexity index is 807. The van der Waals surface area contributed by atoms with E-state index in [1.54, 1.807) is 54.2 Å². The van der Waals surface area contributed by atoms with E-state index >= 15 is 0 Å².